The summed E-state index contributed by atoms with van der Waals surface area (Å²) in [7, 11) is 0. The van der Waals surface area contributed by atoms with E-state index in [0.29, 0.717) is 12.2 Å². The first-order valence-electron chi connectivity index (χ1n) is 4.52. The second-order valence-electron chi connectivity index (χ2n) is 3.20. The van der Waals surface area contributed by atoms with Crippen LogP contribution in [0.5, 0.6) is 5.75 Å². The van der Waals surface area contributed by atoms with Gasteiger partial charge >= 0.3 is 5.97 Å². The van der Waals surface area contributed by atoms with Crippen molar-refractivity contribution in [2.24, 2.45) is 0 Å². The van der Waals surface area contributed by atoms with Gasteiger partial charge < -0.3 is 4.74 Å². The molecule has 0 saturated carbocycles. The molecule has 0 amide bonds. The van der Waals surface area contributed by atoms with Gasteiger partial charge in [-0.1, -0.05) is 23.8 Å². The molecule has 0 heterocycles. The fourth-order valence-corrected chi connectivity index (χ4v) is 1.28. The lowest BCUT2D eigenvalue weighted by Gasteiger charge is -2.07. The summed E-state index contributed by atoms with van der Waals surface area (Å²) in [5.74, 6) is 0.335. The maximum atomic E-state index is 10.8. The van der Waals surface area contributed by atoms with E-state index in [9.17, 15) is 4.79 Å². The van der Waals surface area contributed by atoms with E-state index in [1.54, 1.807) is 6.08 Å². The first-order chi connectivity index (χ1) is 6.63. The number of benzene rings is 1. The largest absolute Gasteiger partial charge is 0.426 e. The Hall–Kier alpha value is -1.57. The van der Waals surface area contributed by atoms with Crippen molar-refractivity contribution in [3.63, 3.8) is 0 Å². The molecule has 1 aromatic carbocycles. The first kappa shape index (κ1) is 10.5. The van der Waals surface area contributed by atoms with Crippen molar-refractivity contribution in [3.05, 3.63) is 42.0 Å². The van der Waals surface area contributed by atoms with Gasteiger partial charge in [0, 0.05) is 6.92 Å². The molecule has 0 spiro atoms. The molecule has 0 fully saturated rings. The second kappa shape index (κ2) is 4.61. The smallest absolute Gasteiger partial charge is 0.308 e. The molecule has 0 saturated heterocycles. The van der Waals surface area contributed by atoms with Gasteiger partial charge in [-0.05, 0) is 25.0 Å². The lowest BCUT2D eigenvalue weighted by molar-refractivity contribution is -0.131. The predicted molar refractivity (Wildman–Crippen MR) is 56.4 cm³/mol. The predicted octanol–water partition coefficient (Wildman–Crippen LogP) is 2.65. The molecule has 2 heteroatoms. The molecule has 2 nitrogen and oxygen atoms in total. The van der Waals surface area contributed by atoms with Gasteiger partial charge in [-0.25, -0.2) is 0 Å². The summed E-state index contributed by atoms with van der Waals surface area (Å²) in [6, 6.07) is 5.74. The van der Waals surface area contributed by atoms with Gasteiger partial charge in [-0.3, -0.25) is 4.79 Å². The molecule has 0 N–H and O–H groups in total. The quantitative estimate of drug-likeness (QED) is 0.416. The number of rotatable bonds is 3. The van der Waals surface area contributed by atoms with Crippen molar-refractivity contribution in [2.45, 2.75) is 20.3 Å². The van der Waals surface area contributed by atoms with Crippen molar-refractivity contribution in [3.8, 4) is 5.75 Å². The third kappa shape index (κ3) is 2.73. The maximum Gasteiger partial charge on any atom is 0.308 e. The van der Waals surface area contributed by atoms with E-state index in [1.807, 2.05) is 25.1 Å². The van der Waals surface area contributed by atoms with E-state index in [-0.39, 0.29) is 5.97 Å². The van der Waals surface area contributed by atoms with Crippen LogP contribution < -0.4 is 4.74 Å². The molecule has 14 heavy (non-hydrogen) atoms. The van der Waals surface area contributed by atoms with Gasteiger partial charge in [0.25, 0.3) is 0 Å². The molecule has 0 aliphatic carbocycles. The minimum atomic E-state index is -0.292. The molecule has 0 radical (unpaired) electrons. The number of allylic oxidation sites excluding steroid dienone is 1. The minimum Gasteiger partial charge on any atom is -0.426 e. The molecule has 0 bridgehead atoms. The number of hydrogen-bond acceptors (Lipinski definition) is 2. The molecule has 0 atom stereocenters. The Kier molecular flexibility index (Phi) is 3.46. The Morgan fingerprint density at radius 1 is 1.57 bits per heavy atom. The summed E-state index contributed by atoms with van der Waals surface area (Å²) in [5, 5.41) is 0. The van der Waals surface area contributed by atoms with Gasteiger partial charge in [0.15, 0.2) is 0 Å². The Labute approximate surface area is 84.2 Å². The Balaban J connectivity index is 3.01. The van der Waals surface area contributed by atoms with Gasteiger partial charge in [0.05, 0.1) is 0 Å². The average Bonchev–Trinajstić information content (AvgIpc) is 2.09. The van der Waals surface area contributed by atoms with Crippen LogP contribution in [0.15, 0.2) is 30.9 Å². The zero-order valence-electron chi connectivity index (χ0n) is 8.54. The van der Waals surface area contributed by atoms with E-state index < -0.39 is 0 Å². The fraction of sp³-hybridized carbons (Fsp3) is 0.250. The number of hydrogen-bond donors (Lipinski definition) is 0. The number of carbonyl (C=O) groups excluding carboxylic acids is 1. The molecular weight excluding hydrogens is 176 g/mol. The van der Waals surface area contributed by atoms with Crippen LogP contribution in [0.2, 0.25) is 0 Å². The van der Waals surface area contributed by atoms with Gasteiger partial charge in [0.1, 0.15) is 5.75 Å². The Morgan fingerprint density at radius 3 is 2.86 bits per heavy atom. The summed E-state index contributed by atoms with van der Waals surface area (Å²) >= 11 is 0. The normalized spacial score (nSPS) is 9.57. The Bertz CT molecular complexity index is 353. The molecule has 0 aliphatic rings. The summed E-state index contributed by atoms with van der Waals surface area (Å²) in [5.41, 5.74) is 2.15. The van der Waals surface area contributed by atoms with E-state index >= 15 is 0 Å². The van der Waals surface area contributed by atoms with Gasteiger partial charge in [-0.15, -0.1) is 6.58 Å². The SMILES string of the molecule is C=CCc1cc(C)ccc1OC(C)=O. The summed E-state index contributed by atoms with van der Waals surface area (Å²) < 4.78 is 5.07. The molecular formula is C12H14O2. The van der Waals surface area contributed by atoms with Crippen molar-refractivity contribution >= 4 is 5.97 Å². The van der Waals surface area contributed by atoms with E-state index in [4.69, 9.17) is 4.74 Å². The second-order valence-corrected chi connectivity index (χ2v) is 3.20. The molecule has 0 unspecified atom stereocenters. The van der Waals surface area contributed by atoms with Crippen LogP contribution in [-0.4, -0.2) is 5.97 Å². The zero-order chi connectivity index (χ0) is 10.6. The van der Waals surface area contributed by atoms with Crippen molar-refractivity contribution in [1.29, 1.82) is 0 Å². The molecule has 1 aromatic rings. The third-order valence-corrected chi connectivity index (χ3v) is 1.83. The topological polar surface area (TPSA) is 26.3 Å². The lowest BCUT2D eigenvalue weighted by Crippen LogP contribution is -2.03. The monoisotopic (exact) mass is 190 g/mol. The highest BCUT2D eigenvalue weighted by atomic mass is 16.5. The Morgan fingerprint density at radius 2 is 2.29 bits per heavy atom. The van der Waals surface area contributed by atoms with E-state index in [2.05, 4.69) is 6.58 Å². The standard InChI is InChI=1S/C12H14O2/c1-4-5-11-8-9(2)6-7-12(11)14-10(3)13/h4,6-8H,1,5H2,2-3H3. The van der Waals surface area contributed by atoms with Crippen LogP contribution in [0.1, 0.15) is 18.1 Å². The maximum absolute atomic E-state index is 10.8. The van der Waals surface area contributed by atoms with Crippen LogP contribution in [0, 0.1) is 6.92 Å². The summed E-state index contributed by atoms with van der Waals surface area (Å²) in [4.78, 5) is 10.8. The van der Waals surface area contributed by atoms with Crippen molar-refractivity contribution in [2.75, 3.05) is 0 Å². The highest BCUT2D eigenvalue weighted by Crippen LogP contribution is 2.20. The van der Waals surface area contributed by atoms with Gasteiger partial charge in [-0.2, -0.15) is 0 Å². The lowest BCUT2D eigenvalue weighted by atomic mass is 10.1. The average molecular weight is 190 g/mol. The molecule has 74 valence electrons. The summed E-state index contributed by atoms with van der Waals surface area (Å²) in [6.07, 6.45) is 2.51. The molecule has 0 aromatic heterocycles. The van der Waals surface area contributed by atoms with Crippen molar-refractivity contribution in [1.82, 2.24) is 0 Å². The van der Waals surface area contributed by atoms with E-state index in [0.717, 1.165) is 11.1 Å². The van der Waals surface area contributed by atoms with E-state index in [1.165, 1.54) is 6.92 Å². The molecule has 0 aliphatic heterocycles. The zero-order valence-corrected chi connectivity index (χ0v) is 8.54. The number of carbonyl (C=O) groups is 1. The number of ether oxygens (including phenoxy) is 1. The highest BCUT2D eigenvalue weighted by molar-refractivity contribution is 5.69. The number of esters is 1. The van der Waals surface area contributed by atoms with Crippen LogP contribution >= 0.6 is 0 Å². The van der Waals surface area contributed by atoms with Crippen LogP contribution in [0.3, 0.4) is 0 Å². The van der Waals surface area contributed by atoms with Crippen LogP contribution in [0.4, 0.5) is 0 Å². The third-order valence-electron chi connectivity index (χ3n) is 1.83. The van der Waals surface area contributed by atoms with Crippen molar-refractivity contribution < 1.29 is 9.53 Å². The fourth-order valence-electron chi connectivity index (χ4n) is 1.28. The van der Waals surface area contributed by atoms with Crippen LogP contribution in [0.25, 0.3) is 0 Å². The summed E-state index contributed by atoms with van der Waals surface area (Å²) in [6.45, 7) is 7.07. The first-order valence-corrected chi connectivity index (χ1v) is 4.52. The van der Waals surface area contributed by atoms with Crippen LogP contribution in [-0.2, 0) is 11.2 Å². The highest BCUT2D eigenvalue weighted by Gasteiger charge is 2.04. The molecule has 1 rings (SSSR count). The number of aryl methyl sites for hydroxylation is 1. The minimum absolute atomic E-state index is 0.292. The van der Waals surface area contributed by atoms with Gasteiger partial charge in [0.2, 0.25) is 0 Å².